The van der Waals surface area contributed by atoms with E-state index in [1.807, 2.05) is 37.1 Å². The highest BCUT2D eigenvalue weighted by atomic mass is 16.5. The van der Waals surface area contributed by atoms with Crippen molar-refractivity contribution in [3.63, 3.8) is 0 Å². The van der Waals surface area contributed by atoms with E-state index in [0.717, 1.165) is 49.1 Å². The van der Waals surface area contributed by atoms with Gasteiger partial charge in [-0.2, -0.15) is 5.26 Å². The summed E-state index contributed by atoms with van der Waals surface area (Å²) in [4.78, 5) is 24.4. The van der Waals surface area contributed by atoms with Crippen molar-refractivity contribution in [1.82, 2.24) is 14.9 Å². The van der Waals surface area contributed by atoms with Crippen LogP contribution in [0.15, 0.2) is 48.3 Å². The molecule has 2 aliphatic carbocycles. The van der Waals surface area contributed by atoms with E-state index in [9.17, 15) is 15.2 Å². The molecule has 3 atom stereocenters. The normalized spacial score (nSPS) is 25.1. The zero-order valence-electron chi connectivity index (χ0n) is 21.8. The summed E-state index contributed by atoms with van der Waals surface area (Å²) in [6, 6.07) is 7.73. The average Bonchev–Trinajstić information content (AvgIpc) is 3.43. The van der Waals surface area contributed by atoms with Gasteiger partial charge in [0, 0.05) is 30.1 Å². The Balaban J connectivity index is 1.40. The minimum atomic E-state index is -0.0755. The summed E-state index contributed by atoms with van der Waals surface area (Å²) in [6.45, 7) is 7.35. The first kappa shape index (κ1) is 25.2. The first-order valence-electron chi connectivity index (χ1n) is 13.2. The van der Waals surface area contributed by atoms with E-state index in [1.54, 1.807) is 12.3 Å². The monoisotopic (exact) mass is 498 g/mol. The molecule has 0 radical (unpaired) electrons. The molecule has 7 nitrogen and oxygen atoms in total. The SMILES string of the molecule is CC(C)Oc1ccc(-c2cnc(C3=C4CCC(C5CCN(CCO)C5=O)C4(C)CC=C3)cn2)cc1C#N. The Kier molecular flexibility index (Phi) is 6.87. The van der Waals surface area contributed by atoms with E-state index < -0.39 is 0 Å². The number of nitriles is 1. The van der Waals surface area contributed by atoms with Gasteiger partial charge in [-0.1, -0.05) is 24.6 Å². The Bertz CT molecular complexity index is 1290. The van der Waals surface area contributed by atoms with E-state index in [0.29, 0.717) is 29.5 Å². The third-order valence-electron chi connectivity index (χ3n) is 8.25. The summed E-state index contributed by atoms with van der Waals surface area (Å²) in [5.41, 5.74) is 5.25. The second-order valence-electron chi connectivity index (χ2n) is 10.8. The number of hydrogen-bond donors (Lipinski definition) is 1. The molecular weight excluding hydrogens is 464 g/mol. The molecule has 7 heteroatoms. The average molecular weight is 499 g/mol. The molecule has 1 saturated carbocycles. The Morgan fingerprint density at radius 2 is 2.03 bits per heavy atom. The fourth-order valence-corrected chi connectivity index (χ4v) is 6.48. The highest BCUT2D eigenvalue weighted by molar-refractivity contribution is 5.82. The van der Waals surface area contributed by atoms with Crippen LogP contribution in [-0.4, -0.2) is 51.7 Å². The minimum Gasteiger partial charge on any atom is -0.490 e. The maximum absolute atomic E-state index is 13.1. The molecule has 2 heterocycles. The summed E-state index contributed by atoms with van der Waals surface area (Å²) < 4.78 is 5.74. The molecule has 37 heavy (non-hydrogen) atoms. The van der Waals surface area contributed by atoms with Gasteiger partial charge < -0.3 is 14.7 Å². The van der Waals surface area contributed by atoms with E-state index in [2.05, 4.69) is 25.1 Å². The molecule has 2 fully saturated rings. The summed E-state index contributed by atoms with van der Waals surface area (Å²) in [6.07, 6.45) is 11.7. The van der Waals surface area contributed by atoms with Gasteiger partial charge in [0.05, 0.1) is 42.1 Å². The molecule has 3 unspecified atom stereocenters. The van der Waals surface area contributed by atoms with Crippen molar-refractivity contribution in [3.8, 4) is 23.1 Å². The standard InChI is InChI=1S/C30H34N4O3/c1-19(2)37-28-9-6-20(15-21(28)16-31)26-17-33-27(18-32-26)22-5-4-11-30(3)24(22)7-8-25(30)23-10-12-34(13-14-35)29(23)36/h4-6,9,15,17-19,23,25,35H,7-8,10-14H2,1-3H3. The lowest BCUT2D eigenvalue weighted by atomic mass is 9.66. The van der Waals surface area contributed by atoms with Gasteiger partial charge in [0.2, 0.25) is 5.91 Å². The van der Waals surface area contributed by atoms with Crippen LogP contribution in [-0.2, 0) is 4.79 Å². The number of carbonyl (C=O) groups is 1. The fraction of sp³-hybridized carbons (Fsp3) is 0.467. The van der Waals surface area contributed by atoms with Crippen molar-refractivity contribution in [1.29, 1.82) is 5.26 Å². The molecule has 1 aromatic carbocycles. The largest absolute Gasteiger partial charge is 0.490 e. The molecule has 1 saturated heterocycles. The van der Waals surface area contributed by atoms with Gasteiger partial charge in [-0.3, -0.25) is 14.8 Å². The number of hydrogen-bond acceptors (Lipinski definition) is 6. The topological polar surface area (TPSA) is 99.3 Å². The predicted octanol–water partition coefficient (Wildman–Crippen LogP) is 4.77. The molecule has 1 aromatic heterocycles. The molecule has 1 N–H and O–H groups in total. The zero-order valence-corrected chi connectivity index (χ0v) is 21.8. The van der Waals surface area contributed by atoms with Crippen LogP contribution in [0, 0.1) is 28.6 Å². The summed E-state index contributed by atoms with van der Waals surface area (Å²) in [5.74, 6) is 1.08. The van der Waals surface area contributed by atoms with Gasteiger partial charge in [-0.25, -0.2) is 0 Å². The lowest BCUT2D eigenvalue weighted by Crippen LogP contribution is -2.36. The van der Waals surface area contributed by atoms with Gasteiger partial charge in [0.25, 0.3) is 0 Å². The maximum Gasteiger partial charge on any atom is 0.226 e. The van der Waals surface area contributed by atoms with Crippen molar-refractivity contribution in [2.75, 3.05) is 19.7 Å². The Morgan fingerprint density at radius 1 is 1.24 bits per heavy atom. The first-order valence-corrected chi connectivity index (χ1v) is 13.2. The molecule has 3 aliphatic rings. The third kappa shape index (κ3) is 4.55. The Labute approximate surface area is 218 Å². The van der Waals surface area contributed by atoms with Crippen LogP contribution < -0.4 is 4.74 Å². The number of nitrogens with zero attached hydrogens (tertiary/aromatic N) is 4. The number of benzene rings is 1. The first-order chi connectivity index (χ1) is 17.9. The molecule has 1 amide bonds. The van der Waals surface area contributed by atoms with Crippen molar-refractivity contribution in [3.05, 3.63) is 59.6 Å². The second kappa shape index (κ2) is 10.1. The van der Waals surface area contributed by atoms with Crippen LogP contribution in [0.2, 0.25) is 0 Å². The predicted molar refractivity (Wildman–Crippen MR) is 141 cm³/mol. The molecule has 2 aromatic rings. The lowest BCUT2D eigenvalue weighted by molar-refractivity contribution is -0.133. The summed E-state index contributed by atoms with van der Waals surface area (Å²) in [7, 11) is 0. The third-order valence-corrected chi connectivity index (χ3v) is 8.25. The van der Waals surface area contributed by atoms with Crippen LogP contribution in [0.3, 0.4) is 0 Å². The highest BCUT2D eigenvalue weighted by Gasteiger charge is 2.51. The van der Waals surface area contributed by atoms with Crippen LogP contribution in [0.5, 0.6) is 5.75 Å². The summed E-state index contributed by atoms with van der Waals surface area (Å²) >= 11 is 0. The number of β-amino-alcohol motifs (C(OH)–C–C–N with tert-alkyl or cyclic N) is 1. The number of amides is 1. The van der Waals surface area contributed by atoms with Gasteiger partial charge in [0.1, 0.15) is 11.8 Å². The molecule has 5 rings (SSSR count). The van der Waals surface area contributed by atoms with Gasteiger partial charge in [-0.05, 0) is 69.1 Å². The second-order valence-corrected chi connectivity index (χ2v) is 10.8. The Hall–Kier alpha value is -3.50. The van der Waals surface area contributed by atoms with Crippen molar-refractivity contribution in [2.45, 2.75) is 52.6 Å². The van der Waals surface area contributed by atoms with Crippen molar-refractivity contribution in [2.24, 2.45) is 17.3 Å². The van der Waals surface area contributed by atoms with Gasteiger partial charge >= 0.3 is 0 Å². The minimum absolute atomic E-state index is 0.0118. The van der Waals surface area contributed by atoms with Crippen molar-refractivity contribution >= 4 is 11.5 Å². The van der Waals surface area contributed by atoms with Crippen LogP contribution in [0.4, 0.5) is 0 Å². The maximum atomic E-state index is 13.1. The van der Waals surface area contributed by atoms with E-state index in [1.165, 1.54) is 5.57 Å². The van der Waals surface area contributed by atoms with Crippen LogP contribution in [0.25, 0.3) is 16.8 Å². The number of likely N-dealkylation sites (tertiary alicyclic amines) is 1. The number of aromatic nitrogens is 2. The Morgan fingerprint density at radius 3 is 2.73 bits per heavy atom. The quantitative estimate of drug-likeness (QED) is 0.590. The molecular formula is C30H34N4O3. The highest BCUT2D eigenvalue weighted by Crippen LogP contribution is 2.58. The smallest absolute Gasteiger partial charge is 0.226 e. The van der Waals surface area contributed by atoms with Gasteiger partial charge in [-0.15, -0.1) is 0 Å². The molecule has 0 spiro atoms. The zero-order chi connectivity index (χ0) is 26.2. The van der Waals surface area contributed by atoms with Gasteiger partial charge in [0.15, 0.2) is 0 Å². The number of allylic oxidation sites excluding steroid dienone is 4. The molecule has 1 aliphatic heterocycles. The fourth-order valence-electron chi connectivity index (χ4n) is 6.48. The number of fused-ring (bicyclic) bond motifs is 1. The number of rotatable bonds is 7. The van der Waals surface area contributed by atoms with E-state index in [4.69, 9.17) is 14.7 Å². The molecule has 0 bridgehead atoms. The van der Waals surface area contributed by atoms with Crippen LogP contribution in [0.1, 0.15) is 57.7 Å². The van der Waals surface area contributed by atoms with E-state index >= 15 is 0 Å². The number of carbonyl (C=O) groups excluding carboxylic acids is 1. The van der Waals surface area contributed by atoms with E-state index in [-0.39, 0.29) is 30.0 Å². The number of aliphatic hydroxyl groups is 1. The van der Waals surface area contributed by atoms with Crippen molar-refractivity contribution < 1.29 is 14.6 Å². The number of aliphatic hydroxyl groups excluding tert-OH is 1. The van der Waals surface area contributed by atoms with Crippen LogP contribution >= 0.6 is 0 Å². The summed E-state index contributed by atoms with van der Waals surface area (Å²) in [5, 5.41) is 18.9. The number of ether oxygens (including phenoxy) is 1. The lowest BCUT2D eigenvalue weighted by Gasteiger charge is -2.38. The molecule has 192 valence electrons.